The van der Waals surface area contributed by atoms with Crippen LogP contribution in [0.25, 0.3) is 5.69 Å². The van der Waals surface area contributed by atoms with Gasteiger partial charge in [0.25, 0.3) is 0 Å². The number of hydrogen-bond donors (Lipinski definition) is 1. The van der Waals surface area contributed by atoms with E-state index in [0.29, 0.717) is 0 Å². The SMILES string of the molecule is Cc1ccc(NCc2ccccc2Br)cc1-n1cnnn1. The summed E-state index contributed by atoms with van der Waals surface area (Å²) in [6.45, 7) is 2.79. The third kappa shape index (κ3) is 3.11. The Balaban J connectivity index is 1.81. The van der Waals surface area contributed by atoms with E-state index in [4.69, 9.17) is 0 Å². The minimum absolute atomic E-state index is 0.750. The summed E-state index contributed by atoms with van der Waals surface area (Å²) in [4.78, 5) is 0. The second-order valence-corrected chi connectivity index (χ2v) is 5.55. The molecule has 106 valence electrons. The predicted molar refractivity (Wildman–Crippen MR) is 85.4 cm³/mol. The first-order valence-corrected chi connectivity index (χ1v) is 7.34. The van der Waals surface area contributed by atoms with Crippen LogP contribution in [-0.4, -0.2) is 20.2 Å². The zero-order valence-electron chi connectivity index (χ0n) is 11.5. The first kappa shape index (κ1) is 13.8. The van der Waals surface area contributed by atoms with Crippen molar-refractivity contribution in [2.24, 2.45) is 0 Å². The van der Waals surface area contributed by atoms with Crippen molar-refractivity contribution in [3.05, 3.63) is 64.4 Å². The average molecular weight is 344 g/mol. The fraction of sp³-hybridized carbons (Fsp3) is 0.133. The van der Waals surface area contributed by atoms with E-state index in [0.717, 1.165) is 28.0 Å². The van der Waals surface area contributed by atoms with E-state index in [9.17, 15) is 0 Å². The molecule has 0 aliphatic carbocycles. The first-order valence-electron chi connectivity index (χ1n) is 6.55. The molecule has 3 aromatic rings. The van der Waals surface area contributed by atoms with E-state index >= 15 is 0 Å². The van der Waals surface area contributed by atoms with E-state index in [-0.39, 0.29) is 0 Å². The maximum Gasteiger partial charge on any atom is 0.143 e. The Kier molecular flexibility index (Phi) is 3.96. The number of halogens is 1. The van der Waals surface area contributed by atoms with Crippen LogP contribution in [0.1, 0.15) is 11.1 Å². The predicted octanol–water partition coefficient (Wildman–Crippen LogP) is 3.35. The van der Waals surface area contributed by atoms with Gasteiger partial charge in [0.1, 0.15) is 6.33 Å². The second kappa shape index (κ2) is 6.05. The van der Waals surface area contributed by atoms with Crippen molar-refractivity contribution < 1.29 is 0 Å². The Bertz CT molecular complexity index is 740. The highest BCUT2D eigenvalue weighted by Crippen LogP contribution is 2.21. The van der Waals surface area contributed by atoms with Gasteiger partial charge in [-0.05, 0) is 46.7 Å². The Morgan fingerprint density at radius 3 is 2.81 bits per heavy atom. The van der Waals surface area contributed by atoms with E-state index in [1.165, 1.54) is 5.56 Å². The molecule has 0 fully saturated rings. The Morgan fingerprint density at radius 2 is 2.05 bits per heavy atom. The Labute approximate surface area is 131 Å². The first-order chi connectivity index (χ1) is 10.2. The fourth-order valence-electron chi connectivity index (χ4n) is 2.08. The standard InChI is InChI=1S/C15H14BrN5/c1-11-6-7-13(8-15(11)21-10-18-19-20-21)17-9-12-4-2-3-5-14(12)16/h2-8,10,17H,9H2,1H3. The summed E-state index contributed by atoms with van der Waals surface area (Å²) in [5, 5.41) is 14.7. The molecule has 21 heavy (non-hydrogen) atoms. The maximum absolute atomic E-state index is 3.94. The van der Waals surface area contributed by atoms with Crippen LogP contribution < -0.4 is 5.32 Å². The molecule has 0 saturated carbocycles. The molecule has 0 aliphatic heterocycles. The van der Waals surface area contributed by atoms with Crippen molar-refractivity contribution in [2.75, 3.05) is 5.32 Å². The molecule has 0 unspecified atom stereocenters. The van der Waals surface area contributed by atoms with Crippen LogP contribution in [0.4, 0.5) is 5.69 Å². The van der Waals surface area contributed by atoms with Crippen LogP contribution in [0.15, 0.2) is 53.3 Å². The second-order valence-electron chi connectivity index (χ2n) is 4.70. The Morgan fingerprint density at radius 1 is 1.19 bits per heavy atom. The van der Waals surface area contributed by atoms with Crippen molar-refractivity contribution in [3.63, 3.8) is 0 Å². The molecule has 0 atom stereocenters. The topological polar surface area (TPSA) is 55.6 Å². The maximum atomic E-state index is 3.94. The molecule has 0 bridgehead atoms. The summed E-state index contributed by atoms with van der Waals surface area (Å²) in [7, 11) is 0. The molecular weight excluding hydrogens is 330 g/mol. The summed E-state index contributed by atoms with van der Waals surface area (Å²) >= 11 is 3.56. The fourth-order valence-corrected chi connectivity index (χ4v) is 2.50. The monoisotopic (exact) mass is 343 g/mol. The summed E-state index contributed by atoms with van der Waals surface area (Å²) in [5.74, 6) is 0. The highest BCUT2D eigenvalue weighted by atomic mass is 79.9. The van der Waals surface area contributed by atoms with Crippen LogP contribution in [0.3, 0.4) is 0 Å². The van der Waals surface area contributed by atoms with Gasteiger partial charge in [0.2, 0.25) is 0 Å². The van der Waals surface area contributed by atoms with Gasteiger partial charge in [-0.3, -0.25) is 0 Å². The Hall–Kier alpha value is -2.21. The van der Waals surface area contributed by atoms with Gasteiger partial charge >= 0.3 is 0 Å². The molecule has 1 aromatic heterocycles. The molecule has 0 amide bonds. The number of anilines is 1. The van der Waals surface area contributed by atoms with Gasteiger partial charge in [-0.2, -0.15) is 0 Å². The number of aryl methyl sites for hydroxylation is 1. The van der Waals surface area contributed by atoms with Gasteiger partial charge in [0, 0.05) is 16.7 Å². The normalized spacial score (nSPS) is 10.6. The summed E-state index contributed by atoms with van der Waals surface area (Å²) < 4.78 is 2.77. The van der Waals surface area contributed by atoms with Crippen LogP contribution in [0, 0.1) is 6.92 Å². The zero-order chi connectivity index (χ0) is 14.7. The number of aromatic nitrogens is 4. The number of nitrogens with one attached hydrogen (secondary N) is 1. The lowest BCUT2D eigenvalue weighted by atomic mass is 10.1. The van der Waals surface area contributed by atoms with Crippen molar-refractivity contribution in [3.8, 4) is 5.69 Å². The molecule has 6 heteroatoms. The lowest BCUT2D eigenvalue weighted by molar-refractivity contribution is 0.785. The number of tetrazole rings is 1. The van der Waals surface area contributed by atoms with Crippen LogP contribution in [0.5, 0.6) is 0 Å². The third-order valence-corrected chi connectivity index (χ3v) is 4.02. The van der Waals surface area contributed by atoms with Gasteiger partial charge in [-0.15, -0.1) is 5.10 Å². The van der Waals surface area contributed by atoms with Crippen molar-refractivity contribution in [2.45, 2.75) is 13.5 Å². The van der Waals surface area contributed by atoms with Crippen molar-refractivity contribution in [1.82, 2.24) is 20.2 Å². The van der Waals surface area contributed by atoms with E-state index in [1.807, 2.05) is 31.2 Å². The van der Waals surface area contributed by atoms with Gasteiger partial charge in [-0.1, -0.05) is 40.2 Å². The van der Waals surface area contributed by atoms with Gasteiger partial charge in [-0.25, -0.2) is 4.68 Å². The van der Waals surface area contributed by atoms with Gasteiger partial charge in [0.15, 0.2) is 0 Å². The minimum Gasteiger partial charge on any atom is -0.381 e. The number of rotatable bonds is 4. The molecule has 1 N–H and O–H groups in total. The highest BCUT2D eigenvalue weighted by Gasteiger charge is 2.05. The zero-order valence-corrected chi connectivity index (χ0v) is 13.1. The number of hydrogen-bond acceptors (Lipinski definition) is 4. The molecule has 3 rings (SSSR count). The molecule has 0 aliphatic rings. The lowest BCUT2D eigenvalue weighted by Gasteiger charge is -2.11. The highest BCUT2D eigenvalue weighted by molar-refractivity contribution is 9.10. The van der Waals surface area contributed by atoms with Gasteiger partial charge in [0.05, 0.1) is 5.69 Å². The van der Waals surface area contributed by atoms with E-state index in [1.54, 1.807) is 11.0 Å². The molecule has 5 nitrogen and oxygen atoms in total. The van der Waals surface area contributed by atoms with Crippen molar-refractivity contribution in [1.29, 1.82) is 0 Å². The van der Waals surface area contributed by atoms with E-state index < -0.39 is 0 Å². The average Bonchev–Trinajstić information content (AvgIpc) is 3.02. The molecular formula is C15H14BrN5. The van der Waals surface area contributed by atoms with Crippen LogP contribution >= 0.6 is 15.9 Å². The van der Waals surface area contributed by atoms with Crippen LogP contribution in [0.2, 0.25) is 0 Å². The van der Waals surface area contributed by atoms with E-state index in [2.05, 4.69) is 55.0 Å². The van der Waals surface area contributed by atoms with Crippen molar-refractivity contribution >= 4 is 21.6 Å². The largest absolute Gasteiger partial charge is 0.381 e. The summed E-state index contributed by atoms with van der Waals surface area (Å²) in [6, 6.07) is 14.3. The number of benzene rings is 2. The van der Waals surface area contributed by atoms with Crippen LogP contribution in [-0.2, 0) is 6.54 Å². The molecule has 2 aromatic carbocycles. The summed E-state index contributed by atoms with van der Waals surface area (Å²) in [5.41, 5.74) is 4.33. The number of nitrogens with zero attached hydrogens (tertiary/aromatic N) is 4. The third-order valence-electron chi connectivity index (χ3n) is 3.25. The molecule has 0 spiro atoms. The summed E-state index contributed by atoms with van der Waals surface area (Å²) in [6.07, 6.45) is 1.60. The molecule has 1 heterocycles. The quantitative estimate of drug-likeness (QED) is 0.789. The lowest BCUT2D eigenvalue weighted by Crippen LogP contribution is -2.03. The molecule has 0 radical (unpaired) electrons. The van der Waals surface area contributed by atoms with Gasteiger partial charge < -0.3 is 5.32 Å². The minimum atomic E-state index is 0.750. The molecule has 0 saturated heterocycles. The smallest absolute Gasteiger partial charge is 0.143 e.